The van der Waals surface area contributed by atoms with Crippen LogP contribution in [0.1, 0.15) is 66.2 Å². The minimum absolute atomic E-state index is 0.151. The van der Waals surface area contributed by atoms with Gasteiger partial charge in [-0.1, -0.05) is 12.8 Å². The van der Waals surface area contributed by atoms with Crippen molar-refractivity contribution in [2.75, 3.05) is 6.54 Å². The Morgan fingerprint density at radius 1 is 1.17 bits per heavy atom. The summed E-state index contributed by atoms with van der Waals surface area (Å²) in [6, 6.07) is -0.261. The molecule has 0 bridgehead atoms. The number of nitrogens with zero attached hydrogens (tertiary/aromatic N) is 1. The maximum Gasteiger partial charge on any atom is 0.410 e. The Morgan fingerprint density at radius 3 is 2.46 bits per heavy atom. The van der Waals surface area contributed by atoms with Crippen molar-refractivity contribution in [1.29, 1.82) is 0 Å². The molecule has 2 aliphatic rings. The summed E-state index contributed by atoms with van der Waals surface area (Å²) in [6.07, 6.45) is 5.99. The van der Waals surface area contributed by atoms with Crippen molar-refractivity contribution >= 4 is 12.1 Å². The fourth-order valence-electron chi connectivity index (χ4n) is 4.00. The van der Waals surface area contributed by atoms with Crippen molar-refractivity contribution in [3.05, 3.63) is 0 Å². The molecule has 3 unspecified atom stereocenters. The topological polar surface area (TPSA) is 78.9 Å². The number of amides is 1. The number of carbonyl (C=O) groups excluding carboxylic acids is 1. The van der Waals surface area contributed by atoms with Gasteiger partial charge >= 0.3 is 12.1 Å². The number of aliphatic carboxylic acids is 1. The van der Waals surface area contributed by atoms with E-state index in [2.05, 4.69) is 5.32 Å². The molecule has 6 heteroatoms. The van der Waals surface area contributed by atoms with Crippen molar-refractivity contribution in [3.8, 4) is 0 Å². The molecule has 0 radical (unpaired) electrons. The van der Waals surface area contributed by atoms with Crippen LogP contribution >= 0.6 is 0 Å². The number of carboxylic acids is 1. The highest BCUT2D eigenvalue weighted by Crippen LogP contribution is 2.35. The smallest absolute Gasteiger partial charge is 0.410 e. The summed E-state index contributed by atoms with van der Waals surface area (Å²) >= 11 is 0. The second-order valence-corrected chi connectivity index (χ2v) is 8.16. The fraction of sp³-hybridized carbons (Fsp3) is 0.889. The summed E-state index contributed by atoms with van der Waals surface area (Å²) in [5, 5.41) is 12.5. The van der Waals surface area contributed by atoms with E-state index in [1.54, 1.807) is 6.92 Å². The first-order valence-electron chi connectivity index (χ1n) is 9.17. The molecule has 1 aliphatic carbocycles. The van der Waals surface area contributed by atoms with E-state index in [4.69, 9.17) is 4.74 Å². The summed E-state index contributed by atoms with van der Waals surface area (Å²) in [4.78, 5) is 25.6. The van der Waals surface area contributed by atoms with Crippen molar-refractivity contribution in [2.24, 2.45) is 5.92 Å². The SMILES string of the molecule is C[C@@H](NC1CCCCC1C1CCCN1C(=O)OC(C)(C)C)C(=O)O. The summed E-state index contributed by atoms with van der Waals surface area (Å²) in [7, 11) is 0. The molecule has 24 heavy (non-hydrogen) atoms. The Bertz CT molecular complexity index is 460. The van der Waals surface area contributed by atoms with Crippen LogP contribution in [0.5, 0.6) is 0 Å². The van der Waals surface area contributed by atoms with Crippen LogP contribution in [0, 0.1) is 5.92 Å². The molecule has 0 aromatic rings. The van der Waals surface area contributed by atoms with Crippen LogP contribution in [0.25, 0.3) is 0 Å². The Kier molecular flexibility index (Phi) is 6.12. The van der Waals surface area contributed by atoms with Crippen LogP contribution in [0.3, 0.4) is 0 Å². The first kappa shape index (κ1) is 19.0. The van der Waals surface area contributed by atoms with Crippen LogP contribution in [0.4, 0.5) is 4.79 Å². The summed E-state index contributed by atoms with van der Waals surface area (Å²) in [5.74, 6) is -0.523. The predicted molar refractivity (Wildman–Crippen MR) is 91.9 cm³/mol. The number of likely N-dealkylation sites (tertiary alicyclic amines) is 1. The molecule has 2 N–H and O–H groups in total. The van der Waals surface area contributed by atoms with Crippen LogP contribution in [0.2, 0.25) is 0 Å². The molecule has 1 heterocycles. The van der Waals surface area contributed by atoms with E-state index in [-0.39, 0.29) is 18.2 Å². The first-order chi connectivity index (χ1) is 11.2. The largest absolute Gasteiger partial charge is 0.480 e. The number of ether oxygens (including phenoxy) is 1. The van der Waals surface area contributed by atoms with Crippen molar-refractivity contribution in [1.82, 2.24) is 10.2 Å². The van der Waals surface area contributed by atoms with Gasteiger partial charge in [0.25, 0.3) is 0 Å². The molecule has 1 amide bonds. The van der Waals surface area contributed by atoms with E-state index in [0.717, 1.165) is 45.1 Å². The second kappa shape index (κ2) is 7.72. The van der Waals surface area contributed by atoms with Gasteiger partial charge in [0.1, 0.15) is 11.6 Å². The molecule has 0 aromatic carbocycles. The van der Waals surface area contributed by atoms with E-state index in [1.807, 2.05) is 25.7 Å². The van der Waals surface area contributed by atoms with Crippen LogP contribution in [0.15, 0.2) is 0 Å². The van der Waals surface area contributed by atoms with Gasteiger partial charge in [-0.25, -0.2) is 4.79 Å². The van der Waals surface area contributed by atoms with Gasteiger partial charge in [0.15, 0.2) is 0 Å². The van der Waals surface area contributed by atoms with Crippen LogP contribution < -0.4 is 5.32 Å². The van der Waals surface area contributed by atoms with Gasteiger partial charge in [0, 0.05) is 18.6 Å². The summed E-state index contributed by atoms with van der Waals surface area (Å²) in [6.45, 7) is 8.08. The normalized spacial score (nSPS) is 29.3. The lowest BCUT2D eigenvalue weighted by molar-refractivity contribution is -0.139. The number of carbonyl (C=O) groups is 2. The van der Waals surface area contributed by atoms with Crippen molar-refractivity contribution in [3.63, 3.8) is 0 Å². The van der Waals surface area contributed by atoms with Crippen molar-refractivity contribution < 1.29 is 19.4 Å². The van der Waals surface area contributed by atoms with Gasteiger partial charge in [-0.15, -0.1) is 0 Å². The fourth-order valence-corrected chi connectivity index (χ4v) is 4.00. The van der Waals surface area contributed by atoms with Gasteiger partial charge in [-0.2, -0.15) is 0 Å². The van der Waals surface area contributed by atoms with E-state index in [1.165, 1.54) is 0 Å². The molecule has 2 fully saturated rings. The number of rotatable bonds is 4. The molecule has 0 spiro atoms. The molecule has 1 aliphatic heterocycles. The number of carboxylic acid groups (broad SMARTS) is 1. The van der Waals surface area contributed by atoms with E-state index in [0.29, 0.717) is 5.92 Å². The van der Waals surface area contributed by atoms with Gasteiger partial charge in [-0.3, -0.25) is 4.79 Å². The third-order valence-electron chi connectivity index (χ3n) is 5.08. The maximum atomic E-state index is 12.5. The minimum Gasteiger partial charge on any atom is -0.480 e. The highest BCUT2D eigenvalue weighted by atomic mass is 16.6. The first-order valence-corrected chi connectivity index (χ1v) is 9.17. The van der Waals surface area contributed by atoms with Gasteiger partial charge in [-0.05, 0) is 59.3 Å². The standard InChI is InChI=1S/C18H32N2O4/c1-12(16(21)22)19-14-9-6-5-8-13(14)15-10-7-11-20(15)17(23)24-18(2,3)4/h12-15,19H,5-11H2,1-4H3,(H,21,22)/t12-,13?,14?,15?/m1/s1. The molecule has 1 saturated heterocycles. The average Bonchev–Trinajstić information content (AvgIpc) is 2.95. The molecule has 2 rings (SSSR count). The Balaban J connectivity index is 2.07. The van der Waals surface area contributed by atoms with Gasteiger partial charge in [0.2, 0.25) is 0 Å². The Hall–Kier alpha value is -1.30. The van der Waals surface area contributed by atoms with E-state index in [9.17, 15) is 14.7 Å². The number of hydrogen-bond donors (Lipinski definition) is 2. The summed E-state index contributed by atoms with van der Waals surface area (Å²) < 4.78 is 5.57. The molecule has 138 valence electrons. The third kappa shape index (κ3) is 4.85. The molecule has 1 saturated carbocycles. The molecular formula is C18H32N2O4. The zero-order chi connectivity index (χ0) is 17.9. The summed E-state index contributed by atoms with van der Waals surface area (Å²) in [5.41, 5.74) is -0.494. The third-order valence-corrected chi connectivity index (χ3v) is 5.08. The lowest BCUT2D eigenvalue weighted by Gasteiger charge is -2.40. The maximum absolute atomic E-state index is 12.5. The minimum atomic E-state index is -0.824. The quantitative estimate of drug-likeness (QED) is 0.822. The predicted octanol–water partition coefficient (Wildman–Crippen LogP) is 3.01. The molecule has 4 atom stereocenters. The van der Waals surface area contributed by atoms with E-state index >= 15 is 0 Å². The van der Waals surface area contributed by atoms with Gasteiger partial charge < -0.3 is 20.1 Å². The molecule has 0 aromatic heterocycles. The van der Waals surface area contributed by atoms with Crippen molar-refractivity contribution in [2.45, 2.75) is 89.9 Å². The Morgan fingerprint density at radius 2 is 1.83 bits per heavy atom. The Labute approximate surface area is 144 Å². The monoisotopic (exact) mass is 340 g/mol. The number of nitrogens with one attached hydrogen (secondary N) is 1. The van der Waals surface area contributed by atoms with Gasteiger partial charge in [0.05, 0.1) is 0 Å². The molecule has 6 nitrogen and oxygen atoms in total. The van der Waals surface area contributed by atoms with Crippen LogP contribution in [-0.4, -0.2) is 52.3 Å². The van der Waals surface area contributed by atoms with E-state index < -0.39 is 17.6 Å². The average molecular weight is 340 g/mol. The van der Waals surface area contributed by atoms with Crippen LogP contribution in [-0.2, 0) is 9.53 Å². The second-order valence-electron chi connectivity index (χ2n) is 8.16. The molecular weight excluding hydrogens is 308 g/mol. The lowest BCUT2D eigenvalue weighted by Crippen LogP contribution is -2.53. The zero-order valence-electron chi connectivity index (χ0n) is 15.4. The zero-order valence-corrected chi connectivity index (χ0v) is 15.4. The highest BCUT2D eigenvalue weighted by Gasteiger charge is 2.41. The highest BCUT2D eigenvalue weighted by molar-refractivity contribution is 5.73. The lowest BCUT2D eigenvalue weighted by atomic mass is 9.78. The number of hydrogen-bond acceptors (Lipinski definition) is 4.